The summed E-state index contributed by atoms with van der Waals surface area (Å²) in [5, 5.41) is 4.81. The molecule has 1 aliphatic heterocycles. The van der Waals surface area contributed by atoms with Crippen LogP contribution >= 0.6 is 0 Å². The van der Waals surface area contributed by atoms with E-state index in [1.807, 2.05) is 72.6 Å². The van der Waals surface area contributed by atoms with Gasteiger partial charge < -0.3 is 9.80 Å². The van der Waals surface area contributed by atoms with Crippen LogP contribution < -0.4 is 0 Å². The summed E-state index contributed by atoms with van der Waals surface area (Å²) in [6.45, 7) is 4.95. The first-order valence-electron chi connectivity index (χ1n) is 10.9. The van der Waals surface area contributed by atoms with Crippen LogP contribution in [0.25, 0.3) is 16.9 Å². The van der Waals surface area contributed by atoms with Gasteiger partial charge in [0.25, 0.3) is 5.91 Å². The van der Waals surface area contributed by atoms with E-state index in [0.717, 1.165) is 16.8 Å². The van der Waals surface area contributed by atoms with Gasteiger partial charge in [-0.25, -0.2) is 4.68 Å². The van der Waals surface area contributed by atoms with E-state index in [0.29, 0.717) is 44.0 Å². The number of para-hydroxylation sites is 1. The Kier molecular flexibility index (Phi) is 6.37. The van der Waals surface area contributed by atoms with Crippen molar-refractivity contribution in [1.82, 2.24) is 24.5 Å². The quantitative estimate of drug-likeness (QED) is 0.623. The van der Waals surface area contributed by atoms with Gasteiger partial charge in [-0.05, 0) is 24.6 Å². The maximum atomic E-state index is 13.6. The third kappa shape index (κ3) is 4.57. The highest BCUT2D eigenvalue weighted by atomic mass is 16.2. The second kappa shape index (κ2) is 9.36. The first-order chi connectivity index (χ1) is 15.4. The molecule has 4 rings (SSSR count). The van der Waals surface area contributed by atoms with Gasteiger partial charge in [-0.1, -0.05) is 42.5 Å². The minimum absolute atomic E-state index is 0.0241. The van der Waals surface area contributed by atoms with E-state index in [2.05, 4.69) is 4.90 Å². The van der Waals surface area contributed by atoms with Crippen molar-refractivity contribution in [3.05, 3.63) is 71.9 Å². The lowest BCUT2D eigenvalue weighted by atomic mass is 10.0. The zero-order valence-corrected chi connectivity index (χ0v) is 18.9. The Morgan fingerprint density at radius 1 is 0.938 bits per heavy atom. The Morgan fingerprint density at radius 3 is 2.25 bits per heavy atom. The molecule has 1 aliphatic rings. The standard InChI is InChI=1S/C25H29N5O2/c1-19-9-7-8-12-21(19)24-22(17-30(26-24)20-10-5-4-6-11-20)25(32)29-15-13-28(14-16-29)18-23(31)27(2)3/h4-12,17H,13-16,18H2,1-3H3. The summed E-state index contributed by atoms with van der Waals surface area (Å²) in [6.07, 6.45) is 1.83. The number of aromatic nitrogens is 2. The minimum atomic E-state index is -0.0241. The van der Waals surface area contributed by atoms with E-state index in [-0.39, 0.29) is 11.8 Å². The van der Waals surface area contributed by atoms with E-state index in [9.17, 15) is 9.59 Å². The van der Waals surface area contributed by atoms with E-state index in [1.54, 1.807) is 23.7 Å². The average molecular weight is 432 g/mol. The zero-order chi connectivity index (χ0) is 22.7. The molecule has 0 spiro atoms. The first-order valence-corrected chi connectivity index (χ1v) is 10.9. The van der Waals surface area contributed by atoms with Gasteiger partial charge in [0.15, 0.2) is 0 Å². The Bertz CT molecular complexity index is 1100. The van der Waals surface area contributed by atoms with Gasteiger partial charge in [-0.15, -0.1) is 0 Å². The van der Waals surface area contributed by atoms with Gasteiger partial charge in [-0.2, -0.15) is 5.10 Å². The molecule has 7 heteroatoms. The maximum Gasteiger partial charge on any atom is 0.257 e. The number of carbonyl (C=O) groups is 2. The highest BCUT2D eigenvalue weighted by Crippen LogP contribution is 2.28. The number of piperazine rings is 1. The predicted molar refractivity (Wildman–Crippen MR) is 125 cm³/mol. The van der Waals surface area contributed by atoms with Crippen molar-refractivity contribution in [2.45, 2.75) is 6.92 Å². The molecule has 0 unspecified atom stereocenters. The van der Waals surface area contributed by atoms with Crippen molar-refractivity contribution in [3.8, 4) is 16.9 Å². The van der Waals surface area contributed by atoms with Gasteiger partial charge in [-0.3, -0.25) is 14.5 Å². The molecule has 0 saturated carbocycles. The fourth-order valence-electron chi connectivity index (χ4n) is 3.89. The van der Waals surface area contributed by atoms with E-state index in [4.69, 9.17) is 5.10 Å². The fraction of sp³-hybridized carbons (Fsp3) is 0.320. The Balaban J connectivity index is 1.60. The molecule has 1 fully saturated rings. The van der Waals surface area contributed by atoms with E-state index in [1.165, 1.54) is 0 Å². The molecule has 7 nitrogen and oxygen atoms in total. The Hall–Kier alpha value is -3.45. The molecule has 32 heavy (non-hydrogen) atoms. The third-order valence-corrected chi connectivity index (χ3v) is 5.88. The van der Waals surface area contributed by atoms with Crippen LogP contribution in [0.1, 0.15) is 15.9 Å². The molecule has 2 aromatic carbocycles. The number of amides is 2. The summed E-state index contributed by atoms with van der Waals surface area (Å²) in [7, 11) is 3.53. The Labute approximate surface area is 188 Å². The maximum absolute atomic E-state index is 13.6. The molecule has 0 bridgehead atoms. The molecule has 2 amide bonds. The van der Waals surface area contributed by atoms with Crippen LogP contribution in [0, 0.1) is 6.92 Å². The molecule has 0 aliphatic carbocycles. The number of nitrogens with zero attached hydrogens (tertiary/aromatic N) is 5. The second-order valence-corrected chi connectivity index (χ2v) is 8.34. The van der Waals surface area contributed by atoms with Crippen LogP contribution in [0.5, 0.6) is 0 Å². The fourth-order valence-corrected chi connectivity index (χ4v) is 3.89. The van der Waals surface area contributed by atoms with Crippen molar-refractivity contribution in [2.24, 2.45) is 0 Å². The lowest BCUT2D eigenvalue weighted by Crippen LogP contribution is -2.51. The summed E-state index contributed by atoms with van der Waals surface area (Å²) in [5.41, 5.74) is 4.24. The highest BCUT2D eigenvalue weighted by molar-refractivity contribution is 6.00. The summed E-state index contributed by atoms with van der Waals surface area (Å²) in [4.78, 5) is 31.1. The van der Waals surface area contributed by atoms with Gasteiger partial charge in [0.05, 0.1) is 17.8 Å². The van der Waals surface area contributed by atoms with E-state index < -0.39 is 0 Å². The molecule has 0 radical (unpaired) electrons. The van der Waals surface area contributed by atoms with Crippen LogP contribution in [0.2, 0.25) is 0 Å². The van der Waals surface area contributed by atoms with Crippen molar-refractivity contribution in [3.63, 3.8) is 0 Å². The smallest absolute Gasteiger partial charge is 0.257 e. The summed E-state index contributed by atoms with van der Waals surface area (Å²) >= 11 is 0. The van der Waals surface area contributed by atoms with Gasteiger partial charge in [0.2, 0.25) is 5.91 Å². The molecule has 0 N–H and O–H groups in total. The third-order valence-electron chi connectivity index (χ3n) is 5.88. The number of benzene rings is 2. The Morgan fingerprint density at radius 2 is 1.59 bits per heavy atom. The minimum Gasteiger partial charge on any atom is -0.348 e. The monoisotopic (exact) mass is 431 g/mol. The number of aryl methyl sites for hydroxylation is 1. The van der Waals surface area contributed by atoms with Gasteiger partial charge in [0, 0.05) is 52.0 Å². The molecule has 1 saturated heterocycles. The second-order valence-electron chi connectivity index (χ2n) is 8.34. The summed E-state index contributed by atoms with van der Waals surface area (Å²) in [5.74, 6) is 0.0553. The van der Waals surface area contributed by atoms with Crippen LogP contribution in [-0.2, 0) is 4.79 Å². The molecule has 3 aromatic rings. The van der Waals surface area contributed by atoms with Crippen molar-refractivity contribution in [2.75, 3.05) is 46.8 Å². The lowest BCUT2D eigenvalue weighted by Gasteiger charge is -2.34. The molecule has 2 heterocycles. The van der Waals surface area contributed by atoms with Crippen molar-refractivity contribution in [1.29, 1.82) is 0 Å². The van der Waals surface area contributed by atoms with E-state index >= 15 is 0 Å². The number of rotatable bonds is 5. The molecule has 166 valence electrons. The average Bonchev–Trinajstić information content (AvgIpc) is 3.25. The summed E-state index contributed by atoms with van der Waals surface area (Å²) in [6, 6.07) is 17.8. The first kappa shape index (κ1) is 21.8. The van der Waals surface area contributed by atoms with Crippen molar-refractivity contribution >= 4 is 11.8 Å². The molecule has 0 atom stereocenters. The van der Waals surface area contributed by atoms with Gasteiger partial charge >= 0.3 is 0 Å². The SMILES string of the molecule is Cc1ccccc1-c1nn(-c2ccccc2)cc1C(=O)N1CCN(CC(=O)N(C)C)CC1. The topological polar surface area (TPSA) is 61.7 Å². The lowest BCUT2D eigenvalue weighted by molar-refractivity contribution is -0.130. The zero-order valence-electron chi connectivity index (χ0n) is 18.9. The number of likely N-dealkylation sites (N-methyl/N-ethyl adjacent to an activating group) is 1. The van der Waals surface area contributed by atoms with Crippen LogP contribution in [0.15, 0.2) is 60.8 Å². The molecule has 1 aromatic heterocycles. The number of hydrogen-bond acceptors (Lipinski definition) is 4. The van der Waals surface area contributed by atoms with Crippen molar-refractivity contribution < 1.29 is 9.59 Å². The van der Waals surface area contributed by atoms with Crippen LogP contribution in [0.3, 0.4) is 0 Å². The van der Waals surface area contributed by atoms with Crippen LogP contribution in [-0.4, -0.2) is 83.1 Å². The normalized spacial score (nSPS) is 14.4. The highest BCUT2D eigenvalue weighted by Gasteiger charge is 2.27. The largest absolute Gasteiger partial charge is 0.348 e. The molecular formula is C25H29N5O2. The predicted octanol–water partition coefficient (Wildman–Crippen LogP) is 2.69. The number of hydrogen-bond donors (Lipinski definition) is 0. The van der Waals surface area contributed by atoms with Crippen LogP contribution in [0.4, 0.5) is 0 Å². The summed E-state index contributed by atoms with van der Waals surface area (Å²) < 4.78 is 1.78. The molecular weight excluding hydrogens is 402 g/mol. The van der Waals surface area contributed by atoms with Gasteiger partial charge in [0.1, 0.15) is 5.69 Å². The number of carbonyl (C=O) groups excluding carboxylic acids is 2.